The Morgan fingerprint density at radius 1 is 1.14 bits per heavy atom. The number of hydrogen-bond donors (Lipinski definition) is 1. The van der Waals surface area contributed by atoms with E-state index >= 15 is 0 Å². The summed E-state index contributed by atoms with van der Waals surface area (Å²) in [6.45, 7) is 6.17. The van der Waals surface area contributed by atoms with Crippen molar-refractivity contribution < 1.29 is 4.79 Å². The Morgan fingerprint density at radius 3 is 2.62 bits per heavy atom. The lowest BCUT2D eigenvalue weighted by Gasteiger charge is -2.23. The van der Waals surface area contributed by atoms with E-state index in [-0.39, 0.29) is 11.9 Å². The van der Waals surface area contributed by atoms with Gasteiger partial charge in [0.25, 0.3) is 5.91 Å². The zero-order valence-corrected chi connectivity index (χ0v) is 12.7. The number of nitrogen functional groups attached to an aromatic ring is 1. The summed E-state index contributed by atoms with van der Waals surface area (Å²) in [5.41, 5.74) is 11.8. The Balaban J connectivity index is 2.00. The first-order valence-electron chi connectivity index (χ1n) is 7.26. The lowest BCUT2D eigenvalue weighted by molar-refractivity contribution is 0.0981. The van der Waals surface area contributed by atoms with Gasteiger partial charge in [0, 0.05) is 23.0 Å². The van der Waals surface area contributed by atoms with E-state index in [2.05, 4.69) is 13.8 Å². The first-order valence-corrected chi connectivity index (χ1v) is 7.26. The molecule has 0 aliphatic carbocycles. The molecule has 0 aromatic heterocycles. The number of carbonyl (C=O) groups is 1. The maximum absolute atomic E-state index is 12.9. The van der Waals surface area contributed by atoms with Crippen molar-refractivity contribution in [2.24, 2.45) is 0 Å². The van der Waals surface area contributed by atoms with Crippen molar-refractivity contribution in [3.63, 3.8) is 0 Å². The monoisotopic (exact) mass is 280 g/mol. The predicted octanol–water partition coefficient (Wildman–Crippen LogP) is 3.48. The van der Waals surface area contributed by atoms with Crippen molar-refractivity contribution in [3.8, 4) is 0 Å². The van der Waals surface area contributed by atoms with Crippen LogP contribution in [-0.2, 0) is 6.42 Å². The molecule has 0 saturated carbocycles. The molecule has 0 bridgehead atoms. The lowest BCUT2D eigenvalue weighted by Crippen LogP contribution is -2.35. The number of anilines is 2. The molecule has 0 saturated heterocycles. The average molecular weight is 280 g/mol. The third-order valence-corrected chi connectivity index (χ3v) is 4.29. The molecule has 0 fully saturated rings. The summed E-state index contributed by atoms with van der Waals surface area (Å²) in [4.78, 5) is 14.8. The van der Waals surface area contributed by atoms with Crippen LogP contribution in [0.4, 0.5) is 11.4 Å². The Bertz CT molecular complexity index is 721. The van der Waals surface area contributed by atoms with E-state index in [4.69, 9.17) is 5.73 Å². The number of rotatable bonds is 1. The van der Waals surface area contributed by atoms with Crippen LogP contribution in [0.25, 0.3) is 0 Å². The smallest absolute Gasteiger partial charge is 0.258 e. The third-order valence-electron chi connectivity index (χ3n) is 4.29. The first-order chi connectivity index (χ1) is 9.97. The quantitative estimate of drug-likeness (QED) is 0.813. The van der Waals surface area contributed by atoms with Crippen molar-refractivity contribution in [2.45, 2.75) is 33.2 Å². The Labute approximate surface area is 125 Å². The Morgan fingerprint density at radius 2 is 1.90 bits per heavy atom. The number of benzene rings is 2. The van der Waals surface area contributed by atoms with E-state index in [9.17, 15) is 4.79 Å². The van der Waals surface area contributed by atoms with Crippen LogP contribution in [0.1, 0.15) is 34.0 Å². The fraction of sp³-hybridized carbons (Fsp3) is 0.278. The number of amides is 1. The summed E-state index contributed by atoms with van der Waals surface area (Å²) < 4.78 is 0. The first kappa shape index (κ1) is 13.7. The molecule has 1 atom stereocenters. The highest BCUT2D eigenvalue weighted by atomic mass is 16.2. The summed E-state index contributed by atoms with van der Waals surface area (Å²) in [7, 11) is 0. The van der Waals surface area contributed by atoms with Gasteiger partial charge < -0.3 is 10.6 Å². The molecule has 1 aliphatic heterocycles. The highest BCUT2D eigenvalue weighted by Crippen LogP contribution is 2.34. The zero-order valence-electron chi connectivity index (χ0n) is 12.7. The molecule has 3 rings (SSSR count). The molecule has 2 N–H and O–H groups in total. The van der Waals surface area contributed by atoms with Crippen LogP contribution < -0.4 is 10.6 Å². The van der Waals surface area contributed by atoms with Crippen LogP contribution in [-0.4, -0.2) is 11.9 Å². The van der Waals surface area contributed by atoms with Gasteiger partial charge in [-0.3, -0.25) is 4.79 Å². The molecule has 108 valence electrons. The predicted molar refractivity (Wildman–Crippen MR) is 86.7 cm³/mol. The van der Waals surface area contributed by atoms with Crippen LogP contribution in [0, 0.1) is 13.8 Å². The van der Waals surface area contributed by atoms with Gasteiger partial charge in [0.15, 0.2) is 0 Å². The van der Waals surface area contributed by atoms with E-state index < -0.39 is 0 Å². The Kier molecular flexibility index (Phi) is 3.20. The minimum Gasteiger partial charge on any atom is -0.399 e. The van der Waals surface area contributed by atoms with Gasteiger partial charge in [0.1, 0.15) is 0 Å². The van der Waals surface area contributed by atoms with Gasteiger partial charge in [-0.2, -0.15) is 0 Å². The molecule has 1 aliphatic rings. The van der Waals surface area contributed by atoms with Crippen molar-refractivity contribution >= 4 is 17.3 Å². The van der Waals surface area contributed by atoms with Gasteiger partial charge in [0.05, 0.1) is 0 Å². The molecule has 0 spiro atoms. The summed E-state index contributed by atoms with van der Waals surface area (Å²) in [5.74, 6) is 0.0640. The number of fused-ring (bicyclic) bond motifs is 1. The molecule has 1 heterocycles. The summed E-state index contributed by atoms with van der Waals surface area (Å²) in [6, 6.07) is 11.8. The molecular formula is C18H20N2O. The van der Waals surface area contributed by atoms with E-state index in [0.717, 1.165) is 34.5 Å². The number of hydrogen-bond acceptors (Lipinski definition) is 2. The normalized spacial score (nSPS) is 16.9. The van der Waals surface area contributed by atoms with Crippen LogP contribution >= 0.6 is 0 Å². The molecule has 2 aromatic carbocycles. The second-order valence-electron chi connectivity index (χ2n) is 5.92. The number of carbonyl (C=O) groups excluding carboxylic acids is 1. The van der Waals surface area contributed by atoms with Gasteiger partial charge in [-0.15, -0.1) is 0 Å². The van der Waals surface area contributed by atoms with Crippen LogP contribution in [0.2, 0.25) is 0 Å². The second kappa shape index (κ2) is 4.92. The van der Waals surface area contributed by atoms with E-state index in [1.165, 1.54) is 5.56 Å². The average Bonchev–Trinajstić information content (AvgIpc) is 2.76. The van der Waals surface area contributed by atoms with Gasteiger partial charge >= 0.3 is 0 Å². The molecule has 2 aromatic rings. The summed E-state index contributed by atoms with van der Waals surface area (Å²) in [5, 5.41) is 0. The number of nitrogens with zero attached hydrogens (tertiary/aromatic N) is 1. The van der Waals surface area contributed by atoms with Crippen molar-refractivity contribution in [1.82, 2.24) is 0 Å². The van der Waals surface area contributed by atoms with E-state index in [0.29, 0.717) is 0 Å². The highest BCUT2D eigenvalue weighted by molar-refractivity contribution is 6.08. The minimum atomic E-state index is 0.0640. The Hall–Kier alpha value is -2.29. The van der Waals surface area contributed by atoms with E-state index in [1.807, 2.05) is 48.2 Å². The lowest BCUT2D eigenvalue weighted by atomic mass is 10.1. The SMILES string of the molecule is Cc1ccc(C(=O)N2c3ccc(N)cc3CC2C)cc1C. The minimum absolute atomic E-state index is 0.0640. The fourth-order valence-corrected chi connectivity index (χ4v) is 2.97. The number of aryl methyl sites for hydroxylation is 2. The van der Waals surface area contributed by atoms with Crippen LogP contribution in [0.5, 0.6) is 0 Å². The number of nitrogens with two attached hydrogens (primary N) is 1. The molecule has 3 heteroatoms. The van der Waals surface area contributed by atoms with Gasteiger partial charge in [-0.1, -0.05) is 6.07 Å². The topological polar surface area (TPSA) is 46.3 Å². The van der Waals surface area contributed by atoms with Crippen LogP contribution in [0.3, 0.4) is 0 Å². The maximum Gasteiger partial charge on any atom is 0.258 e. The second-order valence-corrected chi connectivity index (χ2v) is 5.92. The standard InChI is InChI=1S/C18H20N2O/c1-11-4-5-14(8-12(11)2)18(21)20-13(3)9-15-10-16(19)6-7-17(15)20/h4-8,10,13H,9,19H2,1-3H3. The van der Waals surface area contributed by atoms with Crippen molar-refractivity contribution in [3.05, 3.63) is 58.7 Å². The van der Waals surface area contributed by atoms with Gasteiger partial charge in [0.2, 0.25) is 0 Å². The molecule has 1 amide bonds. The fourth-order valence-electron chi connectivity index (χ4n) is 2.97. The van der Waals surface area contributed by atoms with E-state index in [1.54, 1.807) is 0 Å². The molecular weight excluding hydrogens is 260 g/mol. The van der Waals surface area contributed by atoms with Crippen LogP contribution in [0.15, 0.2) is 36.4 Å². The zero-order chi connectivity index (χ0) is 15.1. The molecule has 3 nitrogen and oxygen atoms in total. The van der Waals surface area contributed by atoms with Crippen molar-refractivity contribution in [1.29, 1.82) is 0 Å². The largest absolute Gasteiger partial charge is 0.399 e. The molecule has 21 heavy (non-hydrogen) atoms. The summed E-state index contributed by atoms with van der Waals surface area (Å²) in [6.07, 6.45) is 0.858. The van der Waals surface area contributed by atoms with Crippen molar-refractivity contribution in [2.75, 3.05) is 10.6 Å². The molecule has 0 radical (unpaired) electrons. The van der Waals surface area contributed by atoms with Gasteiger partial charge in [-0.05, 0) is 74.2 Å². The van der Waals surface area contributed by atoms with Gasteiger partial charge in [-0.25, -0.2) is 0 Å². The molecule has 1 unspecified atom stereocenters. The highest BCUT2D eigenvalue weighted by Gasteiger charge is 2.31. The summed E-state index contributed by atoms with van der Waals surface area (Å²) >= 11 is 0. The maximum atomic E-state index is 12.9. The third kappa shape index (κ3) is 2.29.